The number of piperidine rings is 2. The molecular formula is C44H49ClFN9O5. The van der Waals surface area contributed by atoms with Crippen LogP contribution in [0, 0.1) is 34.0 Å². The second kappa shape index (κ2) is 16.1. The Morgan fingerprint density at radius 3 is 2.37 bits per heavy atom. The molecule has 4 aliphatic rings. The number of anilines is 2. The van der Waals surface area contributed by atoms with Gasteiger partial charge in [0.15, 0.2) is 0 Å². The molecule has 0 spiro atoms. The van der Waals surface area contributed by atoms with Crippen LogP contribution in [0.4, 0.5) is 15.8 Å². The molecule has 4 aromatic rings. The predicted molar refractivity (Wildman–Crippen MR) is 225 cm³/mol. The molecule has 2 aromatic heterocycles. The maximum atomic E-state index is 15.6. The van der Waals surface area contributed by atoms with Gasteiger partial charge in [-0.15, -0.1) is 0 Å². The molecule has 0 radical (unpaired) electrons. The van der Waals surface area contributed by atoms with Crippen molar-refractivity contribution < 1.29 is 23.5 Å². The summed E-state index contributed by atoms with van der Waals surface area (Å²) in [6.45, 7) is 13.9. The number of amides is 3. The average Bonchev–Trinajstić information content (AvgIpc) is 3.22. The first-order valence-corrected chi connectivity index (χ1v) is 20.9. The highest BCUT2D eigenvalue weighted by Gasteiger charge is 2.64. The highest BCUT2D eigenvalue weighted by molar-refractivity contribution is 6.31. The number of carbonyl (C=O) groups excluding carboxylic acids is 3. The molecule has 2 N–H and O–H groups in total. The Kier molecular flexibility index (Phi) is 11.1. The number of hydrogen-bond acceptors (Lipinski definition) is 11. The maximum absolute atomic E-state index is 15.6. The number of fused-ring (bicyclic) bond motifs is 1. The van der Waals surface area contributed by atoms with Crippen LogP contribution in [0.25, 0.3) is 10.8 Å². The molecule has 3 aliphatic heterocycles. The third-order valence-corrected chi connectivity index (χ3v) is 13.3. The third kappa shape index (κ3) is 7.78. The summed E-state index contributed by atoms with van der Waals surface area (Å²) in [5, 5.41) is 20.4. The highest BCUT2D eigenvalue weighted by atomic mass is 35.5. The van der Waals surface area contributed by atoms with Crippen molar-refractivity contribution in [3.8, 4) is 11.8 Å². The van der Waals surface area contributed by atoms with E-state index in [-0.39, 0.29) is 42.1 Å². The second-order valence-electron chi connectivity index (χ2n) is 17.7. The van der Waals surface area contributed by atoms with E-state index < -0.39 is 34.6 Å². The lowest BCUT2D eigenvalue weighted by Gasteiger charge is -2.63. The molecule has 14 nitrogen and oxygen atoms in total. The van der Waals surface area contributed by atoms with E-state index in [0.717, 1.165) is 51.3 Å². The van der Waals surface area contributed by atoms with E-state index in [1.54, 1.807) is 42.6 Å². The number of hydrogen-bond donors (Lipinski definition) is 2. The van der Waals surface area contributed by atoms with Gasteiger partial charge in [0.05, 0.1) is 27.9 Å². The zero-order valence-corrected chi connectivity index (χ0v) is 35.0. The number of nitriles is 1. The number of piperazine rings is 1. The van der Waals surface area contributed by atoms with Gasteiger partial charge < -0.3 is 19.9 Å². The van der Waals surface area contributed by atoms with Crippen molar-refractivity contribution in [2.75, 3.05) is 55.6 Å². The smallest absolute Gasteiger partial charge is 0.275 e. The van der Waals surface area contributed by atoms with Crippen molar-refractivity contribution in [2.24, 2.45) is 16.7 Å². The van der Waals surface area contributed by atoms with Gasteiger partial charge in [-0.1, -0.05) is 39.3 Å². The Hall–Kier alpha value is -5.59. The summed E-state index contributed by atoms with van der Waals surface area (Å²) in [6.07, 6.45) is 3.59. The average molecular weight is 838 g/mol. The molecule has 1 atom stereocenters. The van der Waals surface area contributed by atoms with Crippen molar-refractivity contribution in [3.05, 3.63) is 87.3 Å². The summed E-state index contributed by atoms with van der Waals surface area (Å²) in [4.78, 5) is 61.5. The van der Waals surface area contributed by atoms with E-state index in [9.17, 15) is 24.4 Å². The van der Waals surface area contributed by atoms with Crippen LogP contribution in [0.15, 0.2) is 59.5 Å². The number of nitrogens with one attached hydrogen (secondary N) is 2. The Balaban J connectivity index is 0.808. The Morgan fingerprint density at radius 2 is 1.70 bits per heavy atom. The number of halogens is 2. The van der Waals surface area contributed by atoms with Crippen LogP contribution in [0.1, 0.15) is 75.5 Å². The normalized spacial score (nSPS) is 23.1. The number of aromatic nitrogens is 3. The monoisotopic (exact) mass is 837 g/mol. The van der Waals surface area contributed by atoms with Gasteiger partial charge in [-0.2, -0.15) is 14.8 Å². The van der Waals surface area contributed by atoms with Gasteiger partial charge in [-0.3, -0.25) is 29.4 Å². The standard InChI is InChI=1S/C44H49ClFN9O5/c1-43(2)41(44(3,4)42(43)60-30-7-5-27(23-47)32(45)22-30)51-38(57)33-9-10-34(37(46)49-33)54-15-13-26(14-16-54)25-52-17-19-53(20-18-52)29-6-8-31-28(21-29)24-48-55(40(31)59)35-11-12-36(56)50-39(35)58/h5-10,21-22,24,26,35,41-42H,11-20,25H2,1-4H3,(H,51,57)(H,50,56,58)/t35-,41-,42-/m0/s1. The van der Waals surface area contributed by atoms with Gasteiger partial charge in [0.2, 0.25) is 11.9 Å². The molecule has 0 unspecified atom stereocenters. The molecule has 0 bridgehead atoms. The second-order valence-corrected chi connectivity index (χ2v) is 18.1. The zero-order chi connectivity index (χ0) is 42.5. The van der Waals surface area contributed by atoms with Crippen LogP contribution in [0.5, 0.6) is 5.75 Å². The lowest BCUT2D eigenvalue weighted by atomic mass is 9.49. The van der Waals surface area contributed by atoms with Crippen LogP contribution in [-0.2, 0) is 9.59 Å². The van der Waals surface area contributed by atoms with Crippen molar-refractivity contribution >= 4 is 51.5 Å². The van der Waals surface area contributed by atoms with Gasteiger partial charge >= 0.3 is 0 Å². The lowest BCUT2D eigenvalue weighted by molar-refractivity contribution is -0.164. The first-order valence-electron chi connectivity index (χ1n) is 20.5. The van der Waals surface area contributed by atoms with Crippen LogP contribution in [-0.4, -0.2) is 95.3 Å². The summed E-state index contributed by atoms with van der Waals surface area (Å²) in [5.74, 6) is -0.932. The highest BCUT2D eigenvalue weighted by Crippen LogP contribution is 2.55. The molecule has 314 valence electrons. The first kappa shape index (κ1) is 41.2. The minimum absolute atomic E-state index is 0.0218. The number of imide groups is 1. The summed E-state index contributed by atoms with van der Waals surface area (Å²) in [6, 6.07) is 14.9. The number of nitrogens with zero attached hydrogens (tertiary/aromatic N) is 7. The fourth-order valence-corrected chi connectivity index (χ4v) is 10.2. The molecule has 3 amide bonds. The van der Waals surface area contributed by atoms with E-state index in [1.807, 2.05) is 50.8 Å². The fraction of sp³-hybridized carbons (Fsp3) is 0.477. The maximum Gasteiger partial charge on any atom is 0.275 e. The Labute approximate surface area is 352 Å². The summed E-state index contributed by atoms with van der Waals surface area (Å²) in [5.41, 5.74) is 0.510. The lowest BCUT2D eigenvalue weighted by Crippen LogP contribution is -2.74. The molecule has 1 aliphatic carbocycles. The largest absolute Gasteiger partial charge is 0.489 e. The van der Waals surface area contributed by atoms with Crippen molar-refractivity contribution in [1.29, 1.82) is 5.26 Å². The van der Waals surface area contributed by atoms with E-state index in [0.29, 0.717) is 51.8 Å². The molecular weight excluding hydrogens is 789 g/mol. The number of pyridine rings is 1. The molecule has 60 heavy (non-hydrogen) atoms. The van der Waals surface area contributed by atoms with E-state index in [4.69, 9.17) is 16.3 Å². The van der Waals surface area contributed by atoms with Crippen LogP contribution in [0.2, 0.25) is 5.02 Å². The quantitative estimate of drug-likeness (QED) is 0.171. The SMILES string of the molecule is CC1(C)[C@H](NC(=O)c2ccc(N3CCC(CN4CCN(c5ccc6c(=O)n([C@H]7CCC(=O)NC7=O)ncc6c5)CC4)CC3)c(F)n2)C(C)(C)[C@H]1Oc1ccc(C#N)c(Cl)c1. The number of benzene rings is 2. The van der Waals surface area contributed by atoms with E-state index in [2.05, 4.69) is 30.5 Å². The summed E-state index contributed by atoms with van der Waals surface area (Å²) >= 11 is 6.23. The number of rotatable bonds is 9. The molecule has 4 fully saturated rings. The van der Waals surface area contributed by atoms with Crippen LogP contribution >= 0.6 is 11.6 Å². The summed E-state index contributed by atoms with van der Waals surface area (Å²) < 4.78 is 23.1. The first-order chi connectivity index (χ1) is 28.6. The number of ether oxygens (including phenoxy) is 1. The van der Waals surface area contributed by atoms with Crippen LogP contribution < -0.4 is 30.7 Å². The molecule has 8 rings (SSSR count). The molecule has 3 saturated heterocycles. The van der Waals surface area contributed by atoms with Gasteiger partial charge in [0.1, 0.15) is 29.7 Å². The fourth-order valence-electron chi connectivity index (χ4n) is 9.99. The molecule has 16 heteroatoms. The molecule has 1 saturated carbocycles. The minimum Gasteiger partial charge on any atom is -0.489 e. The van der Waals surface area contributed by atoms with E-state index >= 15 is 4.39 Å². The van der Waals surface area contributed by atoms with Gasteiger partial charge in [0.25, 0.3) is 17.4 Å². The predicted octanol–water partition coefficient (Wildman–Crippen LogP) is 5.08. The topological polar surface area (TPSA) is 166 Å². The Bertz CT molecular complexity index is 2440. The zero-order valence-electron chi connectivity index (χ0n) is 34.2. The van der Waals surface area contributed by atoms with Gasteiger partial charge in [0, 0.05) is 86.2 Å². The van der Waals surface area contributed by atoms with E-state index in [1.165, 1.54) is 4.68 Å². The summed E-state index contributed by atoms with van der Waals surface area (Å²) in [7, 11) is 0. The number of carbonyl (C=O) groups is 3. The van der Waals surface area contributed by atoms with Gasteiger partial charge in [-0.25, -0.2) is 9.67 Å². The van der Waals surface area contributed by atoms with Crippen molar-refractivity contribution in [1.82, 2.24) is 30.3 Å². The van der Waals surface area contributed by atoms with Gasteiger partial charge in [-0.05, 0) is 67.6 Å². The van der Waals surface area contributed by atoms with Crippen molar-refractivity contribution in [2.45, 2.75) is 71.6 Å². The molecule has 5 heterocycles. The minimum atomic E-state index is -0.801. The van der Waals surface area contributed by atoms with Crippen LogP contribution in [0.3, 0.4) is 0 Å². The Morgan fingerprint density at radius 1 is 0.967 bits per heavy atom. The molecule has 2 aromatic carbocycles. The van der Waals surface area contributed by atoms with Crippen molar-refractivity contribution in [3.63, 3.8) is 0 Å². The third-order valence-electron chi connectivity index (χ3n) is 13.0.